The number of hydrogen-bond acceptors (Lipinski definition) is 4. The summed E-state index contributed by atoms with van der Waals surface area (Å²) < 4.78 is 10.6. The number of methoxy groups -OCH3 is 2. The molecule has 2 aromatic carbocycles. The maximum Gasteiger partial charge on any atom is 0.122 e. The second kappa shape index (κ2) is 6.50. The Labute approximate surface area is 126 Å². The highest BCUT2D eigenvalue weighted by atomic mass is 16.5. The summed E-state index contributed by atoms with van der Waals surface area (Å²) in [5.41, 5.74) is 9.53. The van der Waals surface area contributed by atoms with Gasteiger partial charge in [0.1, 0.15) is 11.5 Å². The van der Waals surface area contributed by atoms with Crippen molar-refractivity contribution in [3.8, 4) is 11.5 Å². The van der Waals surface area contributed by atoms with Crippen LogP contribution in [0.15, 0.2) is 42.5 Å². The van der Waals surface area contributed by atoms with E-state index in [4.69, 9.17) is 15.2 Å². The molecule has 2 aromatic rings. The molecule has 0 aliphatic carbocycles. The fourth-order valence-corrected chi connectivity index (χ4v) is 2.18. The molecule has 0 fully saturated rings. The van der Waals surface area contributed by atoms with Gasteiger partial charge in [0.15, 0.2) is 0 Å². The molecule has 2 rings (SSSR count). The predicted molar refractivity (Wildman–Crippen MR) is 86.3 cm³/mol. The van der Waals surface area contributed by atoms with Gasteiger partial charge < -0.3 is 20.1 Å². The van der Waals surface area contributed by atoms with Crippen LogP contribution in [0.1, 0.15) is 17.2 Å². The van der Waals surface area contributed by atoms with Gasteiger partial charge in [0.05, 0.1) is 20.3 Å². The molecule has 0 saturated carbocycles. The number of nitrogens with zero attached hydrogens (tertiary/aromatic N) is 1. The van der Waals surface area contributed by atoms with Gasteiger partial charge in [0, 0.05) is 25.8 Å². The van der Waals surface area contributed by atoms with Gasteiger partial charge in [-0.05, 0) is 35.4 Å². The Hall–Kier alpha value is -2.20. The summed E-state index contributed by atoms with van der Waals surface area (Å²) in [6.07, 6.45) is 0. The minimum Gasteiger partial charge on any atom is -0.497 e. The molecule has 0 aliphatic rings. The van der Waals surface area contributed by atoms with Crippen LogP contribution < -0.4 is 20.1 Å². The van der Waals surface area contributed by atoms with Crippen molar-refractivity contribution in [3.63, 3.8) is 0 Å². The smallest absolute Gasteiger partial charge is 0.122 e. The molecule has 0 aromatic heterocycles. The van der Waals surface area contributed by atoms with Crippen molar-refractivity contribution in [3.05, 3.63) is 53.6 Å². The van der Waals surface area contributed by atoms with E-state index in [0.29, 0.717) is 0 Å². The third kappa shape index (κ3) is 3.47. The zero-order chi connectivity index (χ0) is 15.4. The first kappa shape index (κ1) is 15.2. The van der Waals surface area contributed by atoms with Crippen LogP contribution in [-0.4, -0.2) is 28.3 Å². The molecule has 2 N–H and O–H groups in total. The number of rotatable bonds is 5. The predicted octanol–water partition coefficient (Wildman–Crippen LogP) is 2.82. The van der Waals surface area contributed by atoms with Crippen LogP contribution in [0.25, 0.3) is 0 Å². The summed E-state index contributed by atoms with van der Waals surface area (Å²) in [5, 5.41) is 0. The minimum atomic E-state index is -0.217. The molecular formula is C17H22N2O2. The Balaban J connectivity index is 2.32. The topological polar surface area (TPSA) is 47.7 Å². The zero-order valence-corrected chi connectivity index (χ0v) is 13.0. The third-order valence-electron chi connectivity index (χ3n) is 3.50. The van der Waals surface area contributed by atoms with E-state index in [0.717, 1.165) is 28.3 Å². The first-order valence-corrected chi connectivity index (χ1v) is 6.81. The molecule has 0 amide bonds. The molecule has 0 spiro atoms. The fraction of sp³-hybridized carbons (Fsp3) is 0.294. The second-order valence-corrected chi connectivity index (χ2v) is 5.11. The van der Waals surface area contributed by atoms with Crippen LogP contribution in [0.2, 0.25) is 0 Å². The lowest BCUT2D eigenvalue weighted by atomic mass is 9.99. The Morgan fingerprint density at radius 1 is 0.857 bits per heavy atom. The van der Waals surface area contributed by atoms with Crippen molar-refractivity contribution in [1.82, 2.24) is 0 Å². The van der Waals surface area contributed by atoms with Crippen molar-refractivity contribution in [2.24, 2.45) is 5.73 Å². The van der Waals surface area contributed by atoms with Crippen molar-refractivity contribution >= 4 is 5.69 Å². The molecule has 1 atom stereocenters. The average molecular weight is 286 g/mol. The maximum atomic E-state index is 6.36. The lowest BCUT2D eigenvalue weighted by Crippen LogP contribution is -2.13. The highest BCUT2D eigenvalue weighted by molar-refractivity contribution is 5.49. The molecule has 0 aliphatic heterocycles. The van der Waals surface area contributed by atoms with Gasteiger partial charge in [0.2, 0.25) is 0 Å². The molecule has 0 bridgehead atoms. The quantitative estimate of drug-likeness (QED) is 0.918. The Morgan fingerprint density at radius 3 is 1.81 bits per heavy atom. The third-order valence-corrected chi connectivity index (χ3v) is 3.50. The van der Waals surface area contributed by atoms with Crippen LogP contribution in [0, 0.1) is 0 Å². The largest absolute Gasteiger partial charge is 0.497 e. The van der Waals surface area contributed by atoms with Gasteiger partial charge in [-0.2, -0.15) is 0 Å². The van der Waals surface area contributed by atoms with Crippen LogP contribution in [-0.2, 0) is 0 Å². The number of ether oxygens (including phenoxy) is 2. The number of benzene rings is 2. The molecule has 1 unspecified atom stereocenters. The monoisotopic (exact) mass is 286 g/mol. The van der Waals surface area contributed by atoms with Crippen molar-refractivity contribution in [2.45, 2.75) is 6.04 Å². The van der Waals surface area contributed by atoms with Crippen LogP contribution in [0.4, 0.5) is 5.69 Å². The van der Waals surface area contributed by atoms with E-state index >= 15 is 0 Å². The maximum absolute atomic E-state index is 6.36. The Morgan fingerprint density at radius 2 is 1.38 bits per heavy atom. The first-order valence-electron chi connectivity index (χ1n) is 6.81. The van der Waals surface area contributed by atoms with Gasteiger partial charge in [-0.3, -0.25) is 0 Å². The normalized spacial score (nSPS) is 11.9. The van der Waals surface area contributed by atoms with E-state index in [-0.39, 0.29) is 6.04 Å². The molecule has 0 heterocycles. The molecule has 112 valence electrons. The van der Waals surface area contributed by atoms with Gasteiger partial charge in [-0.15, -0.1) is 0 Å². The lowest BCUT2D eigenvalue weighted by Gasteiger charge is -2.17. The van der Waals surface area contributed by atoms with Crippen molar-refractivity contribution in [2.75, 3.05) is 33.2 Å². The highest BCUT2D eigenvalue weighted by Gasteiger charge is 2.12. The summed E-state index contributed by atoms with van der Waals surface area (Å²) in [7, 11) is 7.30. The van der Waals surface area contributed by atoms with Crippen LogP contribution >= 0.6 is 0 Å². The highest BCUT2D eigenvalue weighted by Crippen LogP contribution is 2.29. The van der Waals surface area contributed by atoms with E-state index in [1.165, 1.54) is 0 Å². The molecule has 0 saturated heterocycles. The fourth-order valence-electron chi connectivity index (χ4n) is 2.18. The molecule has 21 heavy (non-hydrogen) atoms. The summed E-state index contributed by atoms with van der Waals surface area (Å²) in [6.45, 7) is 0. The van der Waals surface area contributed by atoms with Crippen LogP contribution in [0.3, 0.4) is 0 Å². The van der Waals surface area contributed by atoms with Gasteiger partial charge >= 0.3 is 0 Å². The summed E-state index contributed by atoms with van der Waals surface area (Å²) in [4.78, 5) is 2.06. The van der Waals surface area contributed by atoms with Crippen molar-refractivity contribution < 1.29 is 9.47 Å². The summed E-state index contributed by atoms with van der Waals surface area (Å²) in [6, 6.07) is 13.7. The van der Waals surface area contributed by atoms with E-state index in [1.807, 2.05) is 44.4 Å². The van der Waals surface area contributed by atoms with E-state index in [2.05, 4.69) is 17.0 Å². The second-order valence-electron chi connectivity index (χ2n) is 5.11. The molecule has 4 nitrogen and oxygen atoms in total. The van der Waals surface area contributed by atoms with Gasteiger partial charge in [-0.1, -0.05) is 12.1 Å². The van der Waals surface area contributed by atoms with Crippen LogP contribution in [0.5, 0.6) is 11.5 Å². The minimum absolute atomic E-state index is 0.217. The summed E-state index contributed by atoms with van der Waals surface area (Å²) in [5.74, 6) is 1.48. The zero-order valence-electron chi connectivity index (χ0n) is 13.0. The Bertz CT molecular complexity index is 572. The molecule has 0 radical (unpaired) electrons. The molecule has 4 heteroatoms. The Kier molecular flexibility index (Phi) is 4.70. The number of hydrogen-bond donors (Lipinski definition) is 1. The average Bonchev–Trinajstić information content (AvgIpc) is 2.53. The van der Waals surface area contributed by atoms with E-state index in [1.54, 1.807) is 14.2 Å². The first-order chi connectivity index (χ1) is 10.0. The van der Waals surface area contributed by atoms with Gasteiger partial charge in [0.25, 0.3) is 0 Å². The lowest BCUT2D eigenvalue weighted by molar-refractivity contribution is 0.393. The van der Waals surface area contributed by atoms with E-state index in [9.17, 15) is 0 Å². The standard InChI is InChI=1S/C17H22N2O2/c1-19(2)14-7-5-12(6-8-14)17(18)13-9-15(20-3)11-16(10-13)21-4/h5-11,17H,18H2,1-4H3. The number of anilines is 1. The van der Waals surface area contributed by atoms with Crippen molar-refractivity contribution in [1.29, 1.82) is 0 Å². The SMILES string of the molecule is COc1cc(OC)cc(C(N)c2ccc(N(C)C)cc2)c1. The van der Waals surface area contributed by atoms with Gasteiger partial charge in [-0.25, -0.2) is 0 Å². The summed E-state index contributed by atoms with van der Waals surface area (Å²) >= 11 is 0. The molecular weight excluding hydrogens is 264 g/mol. The van der Waals surface area contributed by atoms with E-state index < -0.39 is 0 Å². The number of nitrogens with two attached hydrogens (primary N) is 1.